The summed E-state index contributed by atoms with van der Waals surface area (Å²) in [6.07, 6.45) is -0.652. The minimum Gasteiger partial charge on any atom is -0.434 e. The van der Waals surface area contributed by atoms with Gasteiger partial charge in [-0.1, -0.05) is 12.1 Å². The molecular weight excluding hydrogens is 180 g/mol. The van der Waals surface area contributed by atoms with Crippen molar-refractivity contribution in [3.05, 3.63) is 29.3 Å². The molecule has 3 nitrogen and oxygen atoms in total. The van der Waals surface area contributed by atoms with E-state index in [4.69, 9.17) is 4.74 Å². The molecule has 76 valence electrons. The summed E-state index contributed by atoms with van der Waals surface area (Å²) in [6, 6.07) is 5.68. The van der Waals surface area contributed by atoms with Crippen molar-refractivity contribution in [2.24, 2.45) is 0 Å². The minimum absolute atomic E-state index is 0.323. The average molecular weight is 194 g/mol. The van der Waals surface area contributed by atoms with E-state index in [9.17, 15) is 4.79 Å². The van der Waals surface area contributed by atoms with Gasteiger partial charge >= 0.3 is 6.16 Å². The first-order valence-electron chi connectivity index (χ1n) is 4.55. The van der Waals surface area contributed by atoms with E-state index < -0.39 is 6.16 Å². The van der Waals surface area contributed by atoms with Crippen LogP contribution in [0.1, 0.15) is 18.1 Å². The Hall–Kier alpha value is -1.51. The molecule has 0 N–H and O–H groups in total. The van der Waals surface area contributed by atoms with Gasteiger partial charge in [-0.15, -0.1) is 0 Å². The molecule has 14 heavy (non-hydrogen) atoms. The molecular formula is C11H14O3. The summed E-state index contributed by atoms with van der Waals surface area (Å²) in [5.41, 5.74) is 1.97. The zero-order valence-electron chi connectivity index (χ0n) is 8.66. The maximum atomic E-state index is 11.0. The van der Waals surface area contributed by atoms with Crippen LogP contribution in [-0.4, -0.2) is 12.8 Å². The molecule has 0 unspecified atom stereocenters. The summed E-state index contributed by atoms with van der Waals surface area (Å²) in [6.45, 7) is 5.89. The van der Waals surface area contributed by atoms with Crippen LogP contribution in [-0.2, 0) is 4.74 Å². The minimum atomic E-state index is -0.652. The molecule has 0 heterocycles. The van der Waals surface area contributed by atoms with Crippen molar-refractivity contribution in [3.8, 4) is 5.75 Å². The molecule has 0 atom stereocenters. The van der Waals surface area contributed by atoms with E-state index in [1.54, 1.807) is 6.92 Å². The second-order valence-electron chi connectivity index (χ2n) is 3.05. The maximum Gasteiger partial charge on any atom is 0.513 e. The van der Waals surface area contributed by atoms with Crippen molar-refractivity contribution in [1.82, 2.24) is 0 Å². The fourth-order valence-corrected chi connectivity index (χ4v) is 1.05. The van der Waals surface area contributed by atoms with Gasteiger partial charge in [0.2, 0.25) is 0 Å². The van der Waals surface area contributed by atoms with Crippen LogP contribution in [0.5, 0.6) is 5.75 Å². The Balaban J connectivity index is 2.75. The van der Waals surface area contributed by atoms with Crippen molar-refractivity contribution < 1.29 is 14.3 Å². The highest BCUT2D eigenvalue weighted by Crippen LogP contribution is 2.19. The Morgan fingerprint density at radius 2 is 2.07 bits per heavy atom. The Morgan fingerprint density at radius 3 is 2.71 bits per heavy atom. The first-order valence-corrected chi connectivity index (χ1v) is 4.55. The summed E-state index contributed by atoms with van der Waals surface area (Å²) in [5.74, 6) is 0.559. The molecule has 0 aliphatic carbocycles. The van der Waals surface area contributed by atoms with Gasteiger partial charge in [0.05, 0.1) is 6.61 Å². The summed E-state index contributed by atoms with van der Waals surface area (Å²) in [7, 11) is 0. The molecule has 0 aliphatic heterocycles. The fourth-order valence-electron chi connectivity index (χ4n) is 1.05. The van der Waals surface area contributed by atoms with E-state index in [0.717, 1.165) is 11.1 Å². The molecule has 1 aromatic rings. The van der Waals surface area contributed by atoms with Gasteiger partial charge in [-0.3, -0.25) is 0 Å². The van der Waals surface area contributed by atoms with Gasteiger partial charge in [-0.25, -0.2) is 4.79 Å². The monoisotopic (exact) mass is 194 g/mol. The second-order valence-corrected chi connectivity index (χ2v) is 3.05. The Bertz CT molecular complexity index is 331. The number of rotatable bonds is 2. The third kappa shape index (κ3) is 2.76. The van der Waals surface area contributed by atoms with Gasteiger partial charge in [0.1, 0.15) is 5.75 Å². The second kappa shape index (κ2) is 4.65. The molecule has 0 saturated carbocycles. The van der Waals surface area contributed by atoms with Gasteiger partial charge in [-0.2, -0.15) is 0 Å². The number of aryl methyl sites for hydroxylation is 2. The molecule has 0 saturated heterocycles. The quantitative estimate of drug-likeness (QED) is 0.536. The van der Waals surface area contributed by atoms with Crippen LogP contribution >= 0.6 is 0 Å². The Kier molecular flexibility index (Phi) is 3.51. The summed E-state index contributed by atoms with van der Waals surface area (Å²) in [4.78, 5) is 11.0. The van der Waals surface area contributed by atoms with Crippen molar-refractivity contribution in [3.63, 3.8) is 0 Å². The van der Waals surface area contributed by atoms with Crippen molar-refractivity contribution in [2.45, 2.75) is 20.8 Å². The third-order valence-electron chi connectivity index (χ3n) is 1.80. The summed E-state index contributed by atoms with van der Waals surface area (Å²) < 4.78 is 9.68. The van der Waals surface area contributed by atoms with Crippen LogP contribution in [0.4, 0.5) is 4.79 Å². The largest absolute Gasteiger partial charge is 0.513 e. The predicted molar refractivity (Wildman–Crippen MR) is 53.6 cm³/mol. The van der Waals surface area contributed by atoms with Crippen LogP contribution in [0.15, 0.2) is 18.2 Å². The topological polar surface area (TPSA) is 35.5 Å². The van der Waals surface area contributed by atoms with Crippen LogP contribution in [0.25, 0.3) is 0 Å². The number of hydrogen-bond donors (Lipinski definition) is 0. The normalized spacial score (nSPS) is 9.64. The standard InChI is InChI=1S/C11H14O3/c1-4-13-11(12)14-10-7-8(2)5-6-9(10)3/h5-7H,4H2,1-3H3. The molecule has 3 heteroatoms. The average Bonchev–Trinajstić information content (AvgIpc) is 2.12. The molecule has 1 rings (SSSR count). The van der Waals surface area contributed by atoms with E-state index in [-0.39, 0.29) is 0 Å². The zero-order valence-corrected chi connectivity index (χ0v) is 8.66. The van der Waals surface area contributed by atoms with Crippen LogP contribution in [0, 0.1) is 13.8 Å². The molecule has 0 aliphatic rings. The first kappa shape index (κ1) is 10.6. The van der Waals surface area contributed by atoms with E-state index in [1.165, 1.54) is 0 Å². The Labute approximate surface area is 83.6 Å². The summed E-state index contributed by atoms with van der Waals surface area (Å²) in [5, 5.41) is 0. The lowest BCUT2D eigenvalue weighted by molar-refractivity contribution is 0.104. The smallest absolute Gasteiger partial charge is 0.434 e. The number of hydrogen-bond acceptors (Lipinski definition) is 3. The molecule has 0 spiro atoms. The molecule has 1 aromatic carbocycles. The predicted octanol–water partition coefficient (Wildman–Crippen LogP) is 2.84. The van der Waals surface area contributed by atoms with Crippen molar-refractivity contribution >= 4 is 6.16 Å². The molecule has 0 radical (unpaired) electrons. The first-order chi connectivity index (χ1) is 6.63. The molecule has 0 fully saturated rings. The van der Waals surface area contributed by atoms with Crippen molar-refractivity contribution in [2.75, 3.05) is 6.61 Å². The van der Waals surface area contributed by atoms with Gasteiger partial charge in [0.15, 0.2) is 0 Å². The highest BCUT2D eigenvalue weighted by atomic mass is 16.7. The number of carbonyl (C=O) groups is 1. The van der Waals surface area contributed by atoms with Gasteiger partial charge in [0.25, 0.3) is 0 Å². The fraction of sp³-hybridized carbons (Fsp3) is 0.364. The Morgan fingerprint density at radius 1 is 1.36 bits per heavy atom. The highest BCUT2D eigenvalue weighted by molar-refractivity contribution is 5.64. The number of carbonyl (C=O) groups excluding carboxylic acids is 1. The van der Waals surface area contributed by atoms with Gasteiger partial charge in [0, 0.05) is 0 Å². The lowest BCUT2D eigenvalue weighted by Gasteiger charge is -2.07. The SMILES string of the molecule is CCOC(=O)Oc1cc(C)ccc1C. The third-order valence-corrected chi connectivity index (χ3v) is 1.80. The highest BCUT2D eigenvalue weighted by Gasteiger charge is 2.07. The molecule has 0 aromatic heterocycles. The van der Waals surface area contributed by atoms with E-state index in [0.29, 0.717) is 12.4 Å². The lowest BCUT2D eigenvalue weighted by Crippen LogP contribution is -2.10. The number of ether oxygens (including phenoxy) is 2. The number of benzene rings is 1. The van der Waals surface area contributed by atoms with Gasteiger partial charge < -0.3 is 9.47 Å². The zero-order chi connectivity index (χ0) is 10.6. The van der Waals surface area contributed by atoms with Crippen molar-refractivity contribution in [1.29, 1.82) is 0 Å². The van der Waals surface area contributed by atoms with Gasteiger partial charge in [-0.05, 0) is 38.0 Å². The van der Waals surface area contributed by atoms with Crippen LogP contribution in [0.3, 0.4) is 0 Å². The van der Waals surface area contributed by atoms with E-state index >= 15 is 0 Å². The summed E-state index contributed by atoms with van der Waals surface area (Å²) >= 11 is 0. The van der Waals surface area contributed by atoms with Crippen LogP contribution < -0.4 is 4.74 Å². The lowest BCUT2D eigenvalue weighted by atomic mass is 10.1. The van der Waals surface area contributed by atoms with Crippen LogP contribution in [0.2, 0.25) is 0 Å². The molecule has 0 amide bonds. The van der Waals surface area contributed by atoms with E-state index in [2.05, 4.69) is 4.74 Å². The molecule has 0 bridgehead atoms. The van der Waals surface area contributed by atoms with E-state index in [1.807, 2.05) is 32.0 Å². The maximum absolute atomic E-state index is 11.0.